The van der Waals surface area contributed by atoms with E-state index >= 15 is 0 Å². The van der Waals surface area contributed by atoms with Gasteiger partial charge in [-0.3, -0.25) is 14.9 Å². The number of aliphatic hydroxyl groups is 1. The summed E-state index contributed by atoms with van der Waals surface area (Å²) in [5.74, 6) is -0.896. The summed E-state index contributed by atoms with van der Waals surface area (Å²) in [6.45, 7) is 2.10. The van der Waals surface area contributed by atoms with Gasteiger partial charge in [0.15, 0.2) is 5.60 Å². The van der Waals surface area contributed by atoms with Crippen LogP contribution in [0.15, 0.2) is 0 Å². The molecule has 1 fully saturated rings. The first-order valence-electron chi connectivity index (χ1n) is 5.15. The molecule has 0 aromatic rings. The summed E-state index contributed by atoms with van der Waals surface area (Å²) >= 11 is 0. The summed E-state index contributed by atoms with van der Waals surface area (Å²) in [6, 6.07) is 0. The molecule has 4 heteroatoms. The van der Waals surface area contributed by atoms with Gasteiger partial charge in [0.2, 0.25) is 5.91 Å². The third-order valence-corrected chi connectivity index (χ3v) is 2.57. The zero-order chi connectivity index (χ0) is 10.6. The summed E-state index contributed by atoms with van der Waals surface area (Å²) in [5, 5.41) is 11.9. The van der Waals surface area contributed by atoms with E-state index in [-0.39, 0.29) is 12.3 Å². The van der Waals surface area contributed by atoms with E-state index in [2.05, 4.69) is 12.2 Å². The van der Waals surface area contributed by atoms with Crippen LogP contribution in [0.2, 0.25) is 0 Å². The molecule has 1 heterocycles. The molecule has 2 amide bonds. The highest BCUT2D eigenvalue weighted by molar-refractivity contribution is 6.07. The summed E-state index contributed by atoms with van der Waals surface area (Å²) in [6.07, 6.45) is 4.34. The lowest BCUT2D eigenvalue weighted by atomic mass is 9.94. The van der Waals surface area contributed by atoms with Crippen LogP contribution in [0, 0.1) is 0 Å². The van der Waals surface area contributed by atoms with Gasteiger partial charge in [0.05, 0.1) is 6.42 Å². The second-order valence-corrected chi connectivity index (χ2v) is 3.90. The SMILES string of the molecule is CCCCCCC1(O)CC(=O)NC1=O. The normalized spacial score (nSPS) is 26.7. The first-order valence-corrected chi connectivity index (χ1v) is 5.15. The molecule has 0 saturated carbocycles. The number of hydrogen-bond donors (Lipinski definition) is 2. The largest absolute Gasteiger partial charge is 0.379 e. The predicted octanol–water partition coefficient (Wildman–Crippen LogP) is 0.734. The predicted molar refractivity (Wildman–Crippen MR) is 51.5 cm³/mol. The number of hydrogen-bond acceptors (Lipinski definition) is 3. The highest BCUT2D eigenvalue weighted by Crippen LogP contribution is 2.23. The van der Waals surface area contributed by atoms with E-state index in [4.69, 9.17) is 0 Å². The van der Waals surface area contributed by atoms with Crippen LogP contribution < -0.4 is 5.32 Å². The summed E-state index contributed by atoms with van der Waals surface area (Å²) in [7, 11) is 0. The van der Waals surface area contributed by atoms with Crippen molar-refractivity contribution < 1.29 is 14.7 Å². The van der Waals surface area contributed by atoms with Crippen LogP contribution in [0.3, 0.4) is 0 Å². The first kappa shape index (κ1) is 11.2. The van der Waals surface area contributed by atoms with Crippen LogP contribution in [0.4, 0.5) is 0 Å². The molecule has 1 rings (SSSR count). The minimum Gasteiger partial charge on any atom is -0.379 e. The maximum atomic E-state index is 11.2. The third-order valence-electron chi connectivity index (χ3n) is 2.57. The Kier molecular flexibility index (Phi) is 3.63. The Bertz CT molecular complexity index is 240. The van der Waals surface area contributed by atoms with Gasteiger partial charge in [-0.2, -0.15) is 0 Å². The number of amides is 2. The van der Waals surface area contributed by atoms with Gasteiger partial charge in [-0.1, -0.05) is 32.6 Å². The smallest absolute Gasteiger partial charge is 0.259 e. The van der Waals surface area contributed by atoms with Gasteiger partial charge >= 0.3 is 0 Å². The van der Waals surface area contributed by atoms with Gasteiger partial charge in [-0.15, -0.1) is 0 Å². The maximum Gasteiger partial charge on any atom is 0.259 e. The molecular weight excluding hydrogens is 182 g/mol. The minimum atomic E-state index is -1.43. The zero-order valence-electron chi connectivity index (χ0n) is 8.51. The average molecular weight is 199 g/mol. The Morgan fingerprint density at radius 1 is 1.36 bits per heavy atom. The Morgan fingerprint density at radius 3 is 2.57 bits per heavy atom. The molecule has 0 aromatic carbocycles. The van der Waals surface area contributed by atoms with Crippen molar-refractivity contribution in [3.05, 3.63) is 0 Å². The molecule has 1 aliphatic rings. The number of imide groups is 1. The van der Waals surface area contributed by atoms with E-state index in [1.807, 2.05) is 0 Å². The Balaban J connectivity index is 2.35. The molecule has 1 unspecified atom stereocenters. The van der Waals surface area contributed by atoms with Crippen molar-refractivity contribution in [1.82, 2.24) is 5.32 Å². The molecule has 0 aliphatic carbocycles. The molecule has 2 N–H and O–H groups in total. The standard InChI is InChI=1S/C10H17NO3/c1-2-3-4-5-6-10(14)7-8(12)11-9(10)13/h14H,2-7H2,1H3,(H,11,12,13). The lowest BCUT2D eigenvalue weighted by Gasteiger charge is -2.17. The van der Waals surface area contributed by atoms with Gasteiger partial charge in [-0.25, -0.2) is 0 Å². The van der Waals surface area contributed by atoms with Gasteiger partial charge in [0.25, 0.3) is 5.91 Å². The second kappa shape index (κ2) is 4.55. The Hall–Kier alpha value is -0.900. The first-order chi connectivity index (χ1) is 6.58. The second-order valence-electron chi connectivity index (χ2n) is 3.90. The minimum absolute atomic E-state index is 0.0715. The zero-order valence-corrected chi connectivity index (χ0v) is 8.51. The lowest BCUT2D eigenvalue weighted by molar-refractivity contribution is -0.135. The summed E-state index contributed by atoms with van der Waals surface area (Å²) < 4.78 is 0. The van der Waals surface area contributed by atoms with E-state index in [0.717, 1.165) is 25.7 Å². The molecule has 0 bridgehead atoms. The van der Waals surface area contributed by atoms with Crippen molar-refractivity contribution in [2.45, 2.75) is 51.0 Å². The lowest BCUT2D eigenvalue weighted by Crippen LogP contribution is -2.37. The van der Waals surface area contributed by atoms with E-state index in [1.165, 1.54) is 0 Å². The molecule has 0 spiro atoms. The number of unbranched alkanes of at least 4 members (excludes halogenated alkanes) is 3. The van der Waals surface area contributed by atoms with E-state index in [9.17, 15) is 14.7 Å². The van der Waals surface area contributed by atoms with Gasteiger partial charge in [0.1, 0.15) is 0 Å². The number of carbonyl (C=O) groups excluding carboxylic acids is 2. The van der Waals surface area contributed by atoms with Crippen LogP contribution in [-0.2, 0) is 9.59 Å². The number of nitrogens with one attached hydrogen (secondary N) is 1. The fourth-order valence-electron chi connectivity index (χ4n) is 1.68. The quantitative estimate of drug-likeness (QED) is 0.507. The molecule has 1 atom stereocenters. The Labute approximate surface area is 83.7 Å². The maximum absolute atomic E-state index is 11.2. The van der Waals surface area contributed by atoms with Crippen LogP contribution in [0.5, 0.6) is 0 Å². The molecular formula is C10H17NO3. The monoisotopic (exact) mass is 199 g/mol. The molecule has 1 saturated heterocycles. The van der Waals surface area contributed by atoms with Crippen molar-refractivity contribution in [2.75, 3.05) is 0 Å². The van der Waals surface area contributed by atoms with Crippen molar-refractivity contribution >= 4 is 11.8 Å². The van der Waals surface area contributed by atoms with Crippen molar-refractivity contribution in [1.29, 1.82) is 0 Å². The fraction of sp³-hybridized carbons (Fsp3) is 0.800. The van der Waals surface area contributed by atoms with Crippen LogP contribution >= 0.6 is 0 Å². The molecule has 0 aromatic heterocycles. The molecule has 1 aliphatic heterocycles. The van der Waals surface area contributed by atoms with Gasteiger partial charge in [0, 0.05) is 0 Å². The Morgan fingerprint density at radius 2 is 2.07 bits per heavy atom. The molecule has 4 nitrogen and oxygen atoms in total. The topological polar surface area (TPSA) is 66.4 Å². The van der Waals surface area contributed by atoms with Crippen LogP contribution in [-0.4, -0.2) is 22.5 Å². The average Bonchev–Trinajstić information content (AvgIpc) is 2.36. The molecule has 0 radical (unpaired) electrons. The van der Waals surface area contributed by atoms with Crippen molar-refractivity contribution in [2.24, 2.45) is 0 Å². The van der Waals surface area contributed by atoms with E-state index in [1.54, 1.807) is 0 Å². The highest BCUT2D eigenvalue weighted by Gasteiger charge is 2.44. The summed E-state index contributed by atoms with van der Waals surface area (Å²) in [4.78, 5) is 22.1. The summed E-state index contributed by atoms with van der Waals surface area (Å²) in [5.41, 5.74) is -1.43. The van der Waals surface area contributed by atoms with Gasteiger partial charge in [-0.05, 0) is 6.42 Å². The number of rotatable bonds is 5. The van der Waals surface area contributed by atoms with Gasteiger partial charge < -0.3 is 5.11 Å². The third kappa shape index (κ3) is 2.54. The number of carbonyl (C=O) groups is 2. The van der Waals surface area contributed by atoms with E-state index < -0.39 is 11.5 Å². The fourth-order valence-corrected chi connectivity index (χ4v) is 1.68. The molecule has 80 valence electrons. The van der Waals surface area contributed by atoms with Crippen molar-refractivity contribution in [3.8, 4) is 0 Å². The van der Waals surface area contributed by atoms with Crippen molar-refractivity contribution in [3.63, 3.8) is 0 Å². The van der Waals surface area contributed by atoms with Crippen LogP contribution in [0.1, 0.15) is 45.4 Å². The van der Waals surface area contributed by atoms with Crippen LogP contribution in [0.25, 0.3) is 0 Å². The molecule has 14 heavy (non-hydrogen) atoms. The highest BCUT2D eigenvalue weighted by atomic mass is 16.3. The van der Waals surface area contributed by atoms with E-state index in [0.29, 0.717) is 6.42 Å².